The van der Waals surface area contributed by atoms with Gasteiger partial charge in [-0.25, -0.2) is 0 Å². The van der Waals surface area contributed by atoms with Crippen LogP contribution in [-0.4, -0.2) is 37.0 Å². The van der Waals surface area contributed by atoms with Gasteiger partial charge >= 0.3 is 0 Å². The standard InChI is InChI=1S/C11H18N4O/c1-15(7-9-3-2-6-16-8-9)11-5-4-10(12)13-14-11/h4-5,9H,2-3,6-8H2,1H3,(H2,12,13). The molecular formula is C11H18N4O. The predicted octanol–water partition coefficient (Wildman–Crippen LogP) is 0.922. The minimum Gasteiger partial charge on any atom is -0.382 e. The Kier molecular flexibility index (Phi) is 3.56. The number of nitrogens with two attached hydrogens (primary N) is 1. The predicted molar refractivity (Wildman–Crippen MR) is 63.3 cm³/mol. The minimum absolute atomic E-state index is 0.457. The number of hydrogen-bond donors (Lipinski definition) is 1. The van der Waals surface area contributed by atoms with E-state index < -0.39 is 0 Å². The highest BCUT2D eigenvalue weighted by Crippen LogP contribution is 2.17. The fourth-order valence-corrected chi connectivity index (χ4v) is 1.97. The highest BCUT2D eigenvalue weighted by atomic mass is 16.5. The highest BCUT2D eigenvalue weighted by Gasteiger charge is 2.16. The molecule has 1 unspecified atom stereocenters. The first-order chi connectivity index (χ1) is 7.75. The molecule has 5 nitrogen and oxygen atoms in total. The smallest absolute Gasteiger partial charge is 0.151 e. The fraction of sp³-hybridized carbons (Fsp3) is 0.636. The van der Waals surface area contributed by atoms with Gasteiger partial charge in [0.2, 0.25) is 0 Å². The Morgan fingerprint density at radius 2 is 2.38 bits per heavy atom. The van der Waals surface area contributed by atoms with E-state index in [0.29, 0.717) is 11.7 Å². The molecule has 0 radical (unpaired) electrons. The van der Waals surface area contributed by atoms with Crippen LogP contribution in [0, 0.1) is 5.92 Å². The topological polar surface area (TPSA) is 64.3 Å². The molecule has 2 N–H and O–H groups in total. The highest BCUT2D eigenvalue weighted by molar-refractivity contribution is 5.40. The zero-order valence-electron chi connectivity index (χ0n) is 9.59. The fourth-order valence-electron chi connectivity index (χ4n) is 1.97. The van der Waals surface area contributed by atoms with Crippen LogP contribution in [0.2, 0.25) is 0 Å². The van der Waals surface area contributed by atoms with Crippen LogP contribution in [0.4, 0.5) is 11.6 Å². The van der Waals surface area contributed by atoms with Gasteiger partial charge in [0.05, 0.1) is 6.61 Å². The quantitative estimate of drug-likeness (QED) is 0.824. The van der Waals surface area contributed by atoms with Crippen LogP contribution in [0.25, 0.3) is 0 Å². The van der Waals surface area contributed by atoms with Crippen molar-refractivity contribution >= 4 is 11.6 Å². The van der Waals surface area contributed by atoms with Crippen molar-refractivity contribution in [1.29, 1.82) is 0 Å². The third kappa shape index (κ3) is 2.82. The molecular weight excluding hydrogens is 204 g/mol. The molecule has 0 amide bonds. The van der Waals surface area contributed by atoms with Crippen molar-refractivity contribution in [2.45, 2.75) is 12.8 Å². The van der Waals surface area contributed by atoms with E-state index >= 15 is 0 Å². The summed E-state index contributed by atoms with van der Waals surface area (Å²) in [5.74, 6) is 1.91. The zero-order valence-corrected chi connectivity index (χ0v) is 9.59. The second kappa shape index (κ2) is 5.12. The Bertz CT molecular complexity index is 321. The van der Waals surface area contributed by atoms with E-state index in [1.54, 1.807) is 6.07 Å². The summed E-state index contributed by atoms with van der Waals surface area (Å²) in [5.41, 5.74) is 5.50. The summed E-state index contributed by atoms with van der Waals surface area (Å²) >= 11 is 0. The summed E-state index contributed by atoms with van der Waals surface area (Å²) in [7, 11) is 2.02. The number of rotatable bonds is 3. The van der Waals surface area contributed by atoms with Crippen LogP contribution in [0.15, 0.2) is 12.1 Å². The van der Waals surface area contributed by atoms with Gasteiger partial charge in [-0.2, -0.15) is 0 Å². The van der Waals surface area contributed by atoms with E-state index in [9.17, 15) is 0 Å². The average molecular weight is 222 g/mol. The molecule has 1 aliphatic heterocycles. The van der Waals surface area contributed by atoms with Crippen LogP contribution in [-0.2, 0) is 4.74 Å². The lowest BCUT2D eigenvalue weighted by atomic mass is 10.0. The number of nitrogens with zero attached hydrogens (tertiary/aromatic N) is 3. The summed E-state index contributed by atoms with van der Waals surface area (Å²) in [6, 6.07) is 3.67. The van der Waals surface area contributed by atoms with Crippen LogP contribution in [0.1, 0.15) is 12.8 Å². The molecule has 0 spiro atoms. The molecule has 1 aromatic heterocycles. The van der Waals surface area contributed by atoms with E-state index in [1.165, 1.54) is 6.42 Å². The lowest BCUT2D eigenvalue weighted by Gasteiger charge is -2.27. The number of ether oxygens (including phenoxy) is 1. The van der Waals surface area contributed by atoms with E-state index in [4.69, 9.17) is 10.5 Å². The van der Waals surface area contributed by atoms with Crippen LogP contribution in [0.3, 0.4) is 0 Å². The van der Waals surface area contributed by atoms with Gasteiger partial charge in [0.15, 0.2) is 5.82 Å². The monoisotopic (exact) mass is 222 g/mol. The summed E-state index contributed by atoms with van der Waals surface area (Å²) in [6.07, 6.45) is 2.39. The Morgan fingerprint density at radius 1 is 1.50 bits per heavy atom. The molecule has 1 saturated heterocycles. The van der Waals surface area contributed by atoms with Gasteiger partial charge in [-0.3, -0.25) is 0 Å². The normalized spacial score (nSPS) is 20.7. The Morgan fingerprint density at radius 3 is 3.00 bits per heavy atom. The molecule has 1 aromatic rings. The molecule has 2 heterocycles. The van der Waals surface area contributed by atoms with Crippen molar-refractivity contribution < 1.29 is 4.74 Å². The zero-order chi connectivity index (χ0) is 11.4. The van der Waals surface area contributed by atoms with Crippen molar-refractivity contribution in [3.8, 4) is 0 Å². The molecule has 1 aliphatic rings. The van der Waals surface area contributed by atoms with Crippen molar-refractivity contribution in [3.63, 3.8) is 0 Å². The van der Waals surface area contributed by atoms with E-state index in [0.717, 1.165) is 32.0 Å². The molecule has 0 bridgehead atoms. The first kappa shape index (κ1) is 11.1. The lowest BCUT2D eigenvalue weighted by Crippen LogP contribution is -2.31. The van der Waals surface area contributed by atoms with E-state index in [-0.39, 0.29) is 0 Å². The largest absolute Gasteiger partial charge is 0.382 e. The number of aromatic nitrogens is 2. The van der Waals surface area contributed by atoms with Crippen LogP contribution in [0.5, 0.6) is 0 Å². The van der Waals surface area contributed by atoms with Gasteiger partial charge in [-0.15, -0.1) is 10.2 Å². The molecule has 2 rings (SSSR count). The SMILES string of the molecule is CN(CC1CCCOC1)c1ccc(N)nn1. The number of anilines is 2. The van der Waals surface area contributed by atoms with E-state index in [1.807, 2.05) is 13.1 Å². The minimum atomic E-state index is 0.457. The number of hydrogen-bond acceptors (Lipinski definition) is 5. The van der Waals surface area contributed by atoms with Crippen molar-refractivity contribution in [2.75, 3.05) is 37.4 Å². The molecule has 0 aliphatic carbocycles. The maximum atomic E-state index is 5.50. The molecule has 0 saturated carbocycles. The maximum absolute atomic E-state index is 5.50. The summed E-state index contributed by atoms with van der Waals surface area (Å²) in [5, 5.41) is 7.90. The summed E-state index contributed by atoms with van der Waals surface area (Å²) in [6.45, 7) is 2.72. The third-order valence-corrected chi connectivity index (χ3v) is 2.85. The van der Waals surface area contributed by atoms with Crippen LogP contribution >= 0.6 is 0 Å². The Hall–Kier alpha value is -1.36. The van der Waals surface area contributed by atoms with Gasteiger partial charge < -0.3 is 15.4 Å². The van der Waals surface area contributed by atoms with E-state index in [2.05, 4.69) is 15.1 Å². The molecule has 16 heavy (non-hydrogen) atoms. The third-order valence-electron chi connectivity index (χ3n) is 2.85. The Balaban J connectivity index is 1.91. The molecule has 1 fully saturated rings. The lowest BCUT2D eigenvalue weighted by molar-refractivity contribution is 0.0576. The van der Waals surface area contributed by atoms with Gasteiger partial charge in [-0.05, 0) is 30.9 Å². The summed E-state index contributed by atoms with van der Waals surface area (Å²) < 4.78 is 5.46. The second-order valence-corrected chi connectivity index (χ2v) is 4.28. The molecule has 1 atom stereocenters. The Labute approximate surface area is 95.6 Å². The van der Waals surface area contributed by atoms with Gasteiger partial charge in [0.1, 0.15) is 5.82 Å². The van der Waals surface area contributed by atoms with Crippen molar-refractivity contribution in [3.05, 3.63) is 12.1 Å². The average Bonchev–Trinajstić information content (AvgIpc) is 2.31. The molecule has 88 valence electrons. The second-order valence-electron chi connectivity index (χ2n) is 4.28. The first-order valence-corrected chi connectivity index (χ1v) is 5.64. The van der Waals surface area contributed by atoms with Gasteiger partial charge in [-0.1, -0.05) is 0 Å². The molecule has 5 heteroatoms. The number of nitrogen functional groups attached to an aromatic ring is 1. The maximum Gasteiger partial charge on any atom is 0.151 e. The van der Waals surface area contributed by atoms with Crippen molar-refractivity contribution in [2.24, 2.45) is 5.92 Å². The molecule has 0 aromatic carbocycles. The van der Waals surface area contributed by atoms with Gasteiger partial charge in [0.25, 0.3) is 0 Å². The first-order valence-electron chi connectivity index (χ1n) is 5.64. The summed E-state index contributed by atoms with van der Waals surface area (Å²) in [4.78, 5) is 2.10. The van der Waals surface area contributed by atoms with Gasteiger partial charge in [0, 0.05) is 20.2 Å². The van der Waals surface area contributed by atoms with Crippen LogP contribution < -0.4 is 10.6 Å². The van der Waals surface area contributed by atoms with Crippen molar-refractivity contribution in [1.82, 2.24) is 10.2 Å².